The number of sulfonamides is 1. The molecule has 0 fully saturated rings. The minimum absolute atomic E-state index is 0.0487. The Morgan fingerprint density at radius 1 is 1.05 bits per heavy atom. The Labute approximate surface area is 225 Å². The number of pyridine rings is 1. The van der Waals surface area contributed by atoms with E-state index in [1.165, 1.54) is 18.6 Å². The van der Waals surface area contributed by atoms with E-state index in [-0.39, 0.29) is 23.1 Å². The molecule has 0 aliphatic rings. The van der Waals surface area contributed by atoms with Gasteiger partial charge in [-0.25, -0.2) is 18.4 Å². The van der Waals surface area contributed by atoms with Crippen molar-refractivity contribution in [2.75, 3.05) is 32.0 Å². The molecule has 0 unspecified atom stereocenters. The summed E-state index contributed by atoms with van der Waals surface area (Å²) in [7, 11) is -0.0978. The van der Waals surface area contributed by atoms with E-state index < -0.39 is 10.0 Å². The van der Waals surface area contributed by atoms with Crippen molar-refractivity contribution >= 4 is 49.9 Å². The van der Waals surface area contributed by atoms with E-state index in [0.717, 1.165) is 12.1 Å². The maximum absolute atomic E-state index is 13.2. The minimum atomic E-state index is -4.01. The molecule has 4 rings (SSSR count). The van der Waals surface area contributed by atoms with Crippen LogP contribution in [0.15, 0.2) is 59.9 Å². The maximum atomic E-state index is 13.2. The molecule has 2 aromatic carbocycles. The highest BCUT2D eigenvalue weighted by Crippen LogP contribution is 2.32. The molecule has 2 heterocycles. The molecule has 0 amide bonds. The van der Waals surface area contributed by atoms with Crippen LogP contribution in [0.5, 0.6) is 11.6 Å². The summed E-state index contributed by atoms with van der Waals surface area (Å²) in [6.07, 6.45) is 2.90. The molecule has 0 saturated heterocycles. The van der Waals surface area contributed by atoms with Crippen LogP contribution in [-0.2, 0) is 16.6 Å². The van der Waals surface area contributed by atoms with E-state index in [0.29, 0.717) is 39.0 Å². The van der Waals surface area contributed by atoms with Crippen LogP contribution in [0.25, 0.3) is 11.0 Å². The lowest BCUT2D eigenvalue weighted by atomic mass is 10.2. The molecular formula is C25H25Cl2N5O4S. The molecule has 194 valence electrons. The lowest BCUT2D eigenvalue weighted by Gasteiger charge is -2.16. The van der Waals surface area contributed by atoms with Crippen molar-refractivity contribution in [1.82, 2.24) is 19.9 Å². The van der Waals surface area contributed by atoms with Gasteiger partial charge in [-0.3, -0.25) is 4.72 Å². The number of hydrogen-bond acceptors (Lipinski definition) is 8. The maximum Gasteiger partial charge on any atom is 0.262 e. The summed E-state index contributed by atoms with van der Waals surface area (Å²) >= 11 is 12.4. The van der Waals surface area contributed by atoms with Gasteiger partial charge < -0.3 is 14.4 Å². The molecule has 12 heteroatoms. The second kappa shape index (κ2) is 11.5. The van der Waals surface area contributed by atoms with Gasteiger partial charge in [-0.05, 0) is 62.5 Å². The fraction of sp³-hybridized carbons (Fsp3) is 0.240. The Morgan fingerprint density at radius 3 is 2.65 bits per heavy atom. The first kappa shape index (κ1) is 26.9. The number of likely N-dealkylation sites (N-methyl/N-ethyl adjacent to an activating group) is 1. The summed E-state index contributed by atoms with van der Waals surface area (Å²) in [6.45, 7) is 2.92. The van der Waals surface area contributed by atoms with Crippen LogP contribution in [-0.4, -0.2) is 55.5 Å². The summed E-state index contributed by atoms with van der Waals surface area (Å²) in [6, 6.07) is 11.6. The van der Waals surface area contributed by atoms with Gasteiger partial charge in [-0.1, -0.05) is 35.3 Å². The first-order valence-corrected chi connectivity index (χ1v) is 13.5. The van der Waals surface area contributed by atoms with E-state index in [9.17, 15) is 8.42 Å². The Hall–Kier alpha value is -3.18. The fourth-order valence-corrected chi connectivity index (χ4v) is 5.12. The van der Waals surface area contributed by atoms with Crippen molar-refractivity contribution in [2.45, 2.75) is 18.4 Å². The lowest BCUT2D eigenvalue weighted by Crippen LogP contribution is -2.19. The Bertz CT molecular complexity index is 1530. The van der Waals surface area contributed by atoms with Crippen molar-refractivity contribution in [2.24, 2.45) is 0 Å². The first-order valence-electron chi connectivity index (χ1n) is 11.2. The molecular weight excluding hydrogens is 537 g/mol. The summed E-state index contributed by atoms with van der Waals surface area (Å²) in [5, 5.41) is 1.36. The van der Waals surface area contributed by atoms with Gasteiger partial charge in [0.05, 0.1) is 9.92 Å². The van der Waals surface area contributed by atoms with Crippen LogP contribution in [0.4, 0.5) is 5.69 Å². The number of rotatable bonds is 10. The van der Waals surface area contributed by atoms with Crippen LogP contribution in [0, 0.1) is 6.92 Å². The van der Waals surface area contributed by atoms with Gasteiger partial charge in [0.1, 0.15) is 31.0 Å². The molecule has 2 aromatic heterocycles. The zero-order valence-electron chi connectivity index (χ0n) is 20.4. The summed E-state index contributed by atoms with van der Waals surface area (Å²) in [5.41, 5.74) is 1.68. The molecule has 0 aliphatic carbocycles. The minimum Gasteiger partial charge on any atom is -0.491 e. The van der Waals surface area contributed by atoms with Gasteiger partial charge in [-0.15, -0.1) is 0 Å². The largest absolute Gasteiger partial charge is 0.491 e. The third-order valence-corrected chi connectivity index (χ3v) is 7.61. The van der Waals surface area contributed by atoms with Gasteiger partial charge in [0.2, 0.25) is 5.88 Å². The quantitative estimate of drug-likeness (QED) is 0.289. The van der Waals surface area contributed by atoms with Crippen molar-refractivity contribution in [1.29, 1.82) is 0 Å². The number of nitrogens with zero attached hydrogens (tertiary/aromatic N) is 4. The zero-order chi connectivity index (χ0) is 26.6. The summed E-state index contributed by atoms with van der Waals surface area (Å²) in [4.78, 5) is 14.6. The number of nitrogens with one attached hydrogen (secondary N) is 1. The summed E-state index contributed by atoms with van der Waals surface area (Å²) < 4.78 is 40.8. The topological polar surface area (TPSA) is 107 Å². The number of halogens is 2. The molecule has 37 heavy (non-hydrogen) atoms. The van der Waals surface area contributed by atoms with E-state index in [1.807, 2.05) is 19.0 Å². The van der Waals surface area contributed by atoms with Gasteiger partial charge >= 0.3 is 0 Å². The predicted octanol–water partition coefficient (Wildman–Crippen LogP) is 4.96. The SMILES string of the molecule is Cc1c(Cl)cccc1S(=O)(=O)Nc1cc2cncnc2nc1OCc1ccc(Cl)c(OCCN(C)C)c1. The normalized spacial score (nSPS) is 11.6. The Balaban J connectivity index is 1.62. The number of benzene rings is 2. The van der Waals surface area contributed by atoms with Crippen LogP contribution in [0.1, 0.15) is 11.1 Å². The first-order chi connectivity index (χ1) is 17.6. The number of aromatic nitrogens is 3. The number of hydrogen-bond donors (Lipinski definition) is 1. The van der Waals surface area contributed by atoms with E-state index >= 15 is 0 Å². The number of ether oxygens (including phenoxy) is 2. The number of anilines is 1. The average Bonchev–Trinajstić information content (AvgIpc) is 2.85. The third-order valence-electron chi connectivity index (χ3n) is 5.38. The highest BCUT2D eigenvalue weighted by Gasteiger charge is 2.22. The summed E-state index contributed by atoms with van der Waals surface area (Å²) in [5.74, 6) is 0.584. The van der Waals surface area contributed by atoms with Crippen molar-refractivity contribution in [3.8, 4) is 11.6 Å². The van der Waals surface area contributed by atoms with Crippen LogP contribution >= 0.6 is 23.2 Å². The molecule has 0 aliphatic heterocycles. The third kappa shape index (κ3) is 6.58. The van der Waals surface area contributed by atoms with Crippen molar-refractivity contribution in [3.63, 3.8) is 0 Å². The van der Waals surface area contributed by atoms with Gasteiger partial charge in [0.15, 0.2) is 5.65 Å². The second-order valence-electron chi connectivity index (χ2n) is 8.45. The molecule has 0 bridgehead atoms. The van der Waals surface area contributed by atoms with E-state index in [1.54, 1.807) is 43.3 Å². The van der Waals surface area contributed by atoms with Gasteiger partial charge in [0, 0.05) is 23.2 Å². The zero-order valence-corrected chi connectivity index (χ0v) is 22.7. The molecule has 0 spiro atoms. The predicted molar refractivity (Wildman–Crippen MR) is 144 cm³/mol. The van der Waals surface area contributed by atoms with Crippen molar-refractivity contribution < 1.29 is 17.9 Å². The Morgan fingerprint density at radius 2 is 1.86 bits per heavy atom. The standard InChI is InChI=1S/C25H25Cl2N5O4S/c1-16-19(26)5-4-6-23(16)37(33,34)31-21-12-18-13-28-15-29-24(18)30-25(21)36-14-17-7-8-20(27)22(11-17)35-10-9-32(2)3/h4-8,11-13,15,31H,9-10,14H2,1-3H3. The van der Waals surface area contributed by atoms with Gasteiger partial charge in [-0.2, -0.15) is 4.98 Å². The highest BCUT2D eigenvalue weighted by molar-refractivity contribution is 7.92. The fourth-order valence-electron chi connectivity index (χ4n) is 3.40. The number of fused-ring (bicyclic) bond motifs is 1. The molecule has 4 aromatic rings. The van der Waals surface area contributed by atoms with Crippen LogP contribution < -0.4 is 14.2 Å². The van der Waals surface area contributed by atoms with E-state index in [2.05, 4.69) is 19.7 Å². The average molecular weight is 562 g/mol. The Kier molecular flexibility index (Phi) is 8.33. The second-order valence-corrected chi connectivity index (χ2v) is 10.9. The van der Waals surface area contributed by atoms with Gasteiger partial charge in [0.25, 0.3) is 10.0 Å². The van der Waals surface area contributed by atoms with Crippen molar-refractivity contribution in [3.05, 3.63) is 76.2 Å². The van der Waals surface area contributed by atoms with Crippen LogP contribution in [0.2, 0.25) is 10.0 Å². The smallest absolute Gasteiger partial charge is 0.262 e. The molecule has 0 atom stereocenters. The van der Waals surface area contributed by atoms with E-state index in [4.69, 9.17) is 32.7 Å². The molecule has 0 saturated carbocycles. The molecule has 1 N–H and O–H groups in total. The lowest BCUT2D eigenvalue weighted by molar-refractivity contribution is 0.260. The van der Waals surface area contributed by atoms with Crippen LogP contribution in [0.3, 0.4) is 0 Å². The molecule has 9 nitrogen and oxygen atoms in total. The monoisotopic (exact) mass is 561 g/mol. The highest BCUT2D eigenvalue weighted by atomic mass is 35.5. The molecule has 0 radical (unpaired) electrons.